The molecule has 1 amide bonds. The fraction of sp³-hybridized carbons (Fsp3) is 0.565. The number of nitrogens with one attached hydrogen (secondary N) is 1. The predicted octanol–water partition coefficient (Wildman–Crippen LogP) is 3.45. The van der Waals surface area contributed by atoms with Crippen LogP contribution in [0, 0.1) is 5.92 Å². The van der Waals surface area contributed by atoms with E-state index in [0.717, 1.165) is 5.01 Å². The molecule has 9 nitrogen and oxygen atoms in total. The number of sulfonamides is 1. The Morgan fingerprint density at radius 2 is 2.00 bits per heavy atom. The highest BCUT2D eigenvalue weighted by Gasteiger charge is 2.35. The monoisotopic (exact) mass is 564 g/mol. The van der Waals surface area contributed by atoms with Crippen LogP contribution in [0.15, 0.2) is 29.8 Å². The number of carbonyl (C=O) groups excluding carboxylic acids is 1. The van der Waals surface area contributed by atoms with Crippen molar-refractivity contribution >= 4 is 33.0 Å². The van der Waals surface area contributed by atoms with E-state index in [9.17, 15) is 26.4 Å². The lowest BCUT2D eigenvalue weighted by Crippen LogP contribution is -2.46. The summed E-state index contributed by atoms with van der Waals surface area (Å²) in [5.41, 5.74) is -0.146. The number of thiazole rings is 1. The highest BCUT2D eigenvalue weighted by atomic mass is 32.2. The lowest BCUT2D eigenvalue weighted by atomic mass is 10.0. The second-order valence-corrected chi connectivity index (χ2v) is 11.8. The van der Waals surface area contributed by atoms with E-state index >= 15 is 0 Å². The Morgan fingerprint density at radius 3 is 2.62 bits per heavy atom. The molecule has 0 saturated carbocycles. The number of halogens is 3. The van der Waals surface area contributed by atoms with E-state index in [1.54, 1.807) is 31.7 Å². The summed E-state index contributed by atoms with van der Waals surface area (Å²) in [5.74, 6) is -2.29. The molecule has 1 aliphatic rings. The van der Waals surface area contributed by atoms with E-state index in [0.29, 0.717) is 13.1 Å². The van der Waals surface area contributed by atoms with Crippen molar-refractivity contribution in [2.45, 2.75) is 38.7 Å². The number of likely N-dealkylation sites (N-methyl/N-ethyl adjacent to an activating group) is 1. The number of benzene rings is 1. The number of alkyl halides is 3. The van der Waals surface area contributed by atoms with Gasteiger partial charge in [0.25, 0.3) is 5.91 Å². The normalized spacial score (nSPS) is 22.5. The third-order valence-corrected chi connectivity index (χ3v) is 8.04. The van der Waals surface area contributed by atoms with Gasteiger partial charge in [-0.25, -0.2) is 13.4 Å². The van der Waals surface area contributed by atoms with Crippen molar-refractivity contribution in [3.05, 3.63) is 40.3 Å². The Kier molecular flexibility index (Phi) is 9.42. The van der Waals surface area contributed by atoms with Crippen LogP contribution >= 0.6 is 11.3 Å². The SMILES string of the molecule is CO[C@H]1CN(C)C(=O)c2cc(NS(=O)(=O)CC(F)(F)F)ccc2OC[C@H](C)N(Cc2nccs2)C[C@@H]1C. The Balaban J connectivity index is 1.93. The van der Waals surface area contributed by atoms with Gasteiger partial charge in [-0.1, -0.05) is 6.92 Å². The molecule has 0 spiro atoms. The van der Waals surface area contributed by atoms with Crippen molar-refractivity contribution in [1.29, 1.82) is 0 Å². The number of fused-ring (bicyclic) bond motifs is 1. The molecule has 3 rings (SSSR count). The van der Waals surface area contributed by atoms with E-state index in [2.05, 4.69) is 9.88 Å². The van der Waals surface area contributed by atoms with Crippen LogP contribution < -0.4 is 9.46 Å². The van der Waals surface area contributed by atoms with Gasteiger partial charge in [-0.15, -0.1) is 11.3 Å². The van der Waals surface area contributed by atoms with Crippen molar-refractivity contribution in [2.24, 2.45) is 5.92 Å². The molecule has 0 fully saturated rings. The summed E-state index contributed by atoms with van der Waals surface area (Å²) in [6.45, 7) is 5.73. The molecule has 3 atom stereocenters. The van der Waals surface area contributed by atoms with Crippen molar-refractivity contribution < 1.29 is 35.9 Å². The van der Waals surface area contributed by atoms with Crippen molar-refractivity contribution in [3.8, 4) is 5.75 Å². The van der Waals surface area contributed by atoms with E-state index < -0.39 is 27.9 Å². The van der Waals surface area contributed by atoms with Crippen LogP contribution in [0.4, 0.5) is 18.9 Å². The molecule has 1 aromatic heterocycles. The molecule has 1 aromatic carbocycles. The topological polar surface area (TPSA) is 101 Å². The molecular weight excluding hydrogens is 533 g/mol. The maximum atomic E-state index is 13.3. The minimum absolute atomic E-state index is 0.0245. The van der Waals surface area contributed by atoms with Gasteiger partial charge in [0.05, 0.1) is 18.2 Å². The van der Waals surface area contributed by atoms with E-state index in [4.69, 9.17) is 9.47 Å². The summed E-state index contributed by atoms with van der Waals surface area (Å²) < 4.78 is 75.6. The standard InChI is InChI=1S/C23H31F3N4O5S2/c1-15-10-30(12-21-27-7-8-36-21)16(2)13-35-19-6-5-17(28-37(32,33)14-23(24,25)26)9-18(19)22(31)29(3)11-20(15)34-4/h5-9,15-16,20,28H,10-14H2,1-4H3/t15-,16-,20-/m0/s1. The molecule has 1 aliphatic heterocycles. The number of amides is 1. The van der Waals surface area contributed by atoms with Crippen LogP contribution in [0.5, 0.6) is 5.75 Å². The first kappa shape index (κ1) is 29.1. The van der Waals surface area contributed by atoms with Crippen LogP contribution in [0.25, 0.3) is 0 Å². The number of aromatic nitrogens is 1. The number of anilines is 1. The van der Waals surface area contributed by atoms with Crippen LogP contribution in [0.1, 0.15) is 29.2 Å². The van der Waals surface area contributed by atoms with Crippen LogP contribution in [-0.4, -0.2) is 87.0 Å². The number of hydrogen-bond acceptors (Lipinski definition) is 8. The van der Waals surface area contributed by atoms with E-state index in [1.807, 2.05) is 23.9 Å². The first-order valence-corrected chi connectivity index (χ1v) is 14.1. The van der Waals surface area contributed by atoms with Gasteiger partial charge in [0.15, 0.2) is 5.75 Å². The largest absolute Gasteiger partial charge is 0.491 e. The van der Waals surface area contributed by atoms with Gasteiger partial charge in [-0.2, -0.15) is 13.2 Å². The number of methoxy groups -OCH3 is 1. The van der Waals surface area contributed by atoms with Crippen molar-refractivity contribution in [2.75, 3.05) is 44.3 Å². The third-order valence-electron chi connectivity index (χ3n) is 6.02. The molecule has 0 bridgehead atoms. The Morgan fingerprint density at radius 1 is 1.27 bits per heavy atom. The summed E-state index contributed by atoms with van der Waals surface area (Å²) in [6, 6.07) is 3.75. The molecule has 0 unspecified atom stereocenters. The minimum atomic E-state index is -4.91. The smallest absolute Gasteiger partial charge is 0.404 e. The maximum Gasteiger partial charge on any atom is 0.404 e. The summed E-state index contributed by atoms with van der Waals surface area (Å²) >= 11 is 1.55. The number of rotatable bonds is 6. The van der Waals surface area contributed by atoms with Gasteiger partial charge in [0, 0.05) is 50.6 Å². The predicted molar refractivity (Wildman–Crippen MR) is 134 cm³/mol. The third kappa shape index (κ3) is 8.28. The van der Waals surface area contributed by atoms with Gasteiger partial charge in [0.1, 0.15) is 17.4 Å². The Labute approximate surface area is 218 Å². The fourth-order valence-electron chi connectivity index (χ4n) is 4.07. The molecule has 206 valence electrons. The van der Waals surface area contributed by atoms with Gasteiger partial charge >= 0.3 is 6.18 Å². The molecular formula is C23H31F3N4O5S2. The van der Waals surface area contributed by atoms with Crippen LogP contribution in [0.2, 0.25) is 0 Å². The lowest BCUT2D eigenvalue weighted by molar-refractivity contribution is -0.106. The number of ether oxygens (including phenoxy) is 2. The molecule has 14 heteroatoms. The first-order valence-electron chi connectivity index (χ1n) is 11.5. The quantitative estimate of drug-likeness (QED) is 0.574. The van der Waals surface area contributed by atoms with Gasteiger partial charge in [-0.3, -0.25) is 14.4 Å². The number of carbonyl (C=O) groups is 1. The summed E-state index contributed by atoms with van der Waals surface area (Å²) in [6.07, 6.45) is -3.47. The average Bonchev–Trinajstić information content (AvgIpc) is 3.31. The molecule has 0 saturated heterocycles. The highest BCUT2D eigenvalue weighted by molar-refractivity contribution is 7.92. The zero-order valence-corrected chi connectivity index (χ0v) is 22.6. The van der Waals surface area contributed by atoms with Crippen molar-refractivity contribution in [1.82, 2.24) is 14.8 Å². The lowest BCUT2D eigenvalue weighted by Gasteiger charge is -2.35. The molecule has 0 radical (unpaired) electrons. The molecule has 1 N–H and O–H groups in total. The first-order chi connectivity index (χ1) is 17.3. The molecule has 2 heterocycles. The second kappa shape index (κ2) is 12.0. The number of hydrogen-bond donors (Lipinski definition) is 1. The minimum Gasteiger partial charge on any atom is -0.491 e. The van der Waals surface area contributed by atoms with E-state index in [-0.39, 0.29) is 48.2 Å². The van der Waals surface area contributed by atoms with Gasteiger partial charge in [0.2, 0.25) is 10.0 Å². The maximum absolute atomic E-state index is 13.3. The Hall–Kier alpha value is -2.42. The van der Waals surface area contributed by atoms with Crippen LogP contribution in [-0.2, 0) is 21.3 Å². The average molecular weight is 565 g/mol. The molecule has 2 aromatic rings. The highest BCUT2D eigenvalue weighted by Crippen LogP contribution is 2.28. The number of nitrogens with zero attached hydrogens (tertiary/aromatic N) is 3. The van der Waals surface area contributed by atoms with Crippen LogP contribution in [0.3, 0.4) is 0 Å². The fourth-order valence-corrected chi connectivity index (χ4v) is 5.70. The summed E-state index contributed by atoms with van der Waals surface area (Å²) in [7, 11) is -1.57. The van der Waals surface area contributed by atoms with Gasteiger partial charge in [-0.05, 0) is 31.0 Å². The summed E-state index contributed by atoms with van der Waals surface area (Å²) in [4.78, 5) is 21.4. The zero-order chi connectivity index (χ0) is 27.4. The summed E-state index contributed by atoms with van der Waals surface area (Å²) in [5, 5.41) is 2.86. The van der Waals surface area contributed by atoms with Gasteiger partial charge < -0.3 is 14.4 Å². The molecule has 0 aliphatic carbocycles. The van der Waals surface area contributed by atoms with E-state index in [1.165, 1.54) is 23.1 Å². The zero-order valence-electron chi connectivity index (χ0n) is 21.0. The molecule has 37 heavy (non-hydrogen) atoms. The van der Waals surface area contributed by atoms with Crippen molar-refractivity contribution in [3.63, 3.8) is 0 Å². The Bertz CT molecular complexity index is 1160. The second-order valence-electron chi connectivity index (χ2n) is 9.14.